The van der Waals surface area contributed by atoms with Gasteiger partial charge in [0.1, 0.15) is 6.10 Å². The number of benzene rings is 1. The number of aryl methyl sites for hydroxylation is 1. The van der Waals surface area contributed by atoms with E-state index >= 15 is 0 Å². The molecule has 0 amide bonds. The van der Waals surface area contributed by atoms with Crippen molar-refractivity contribution in [3.63, 3.8) is 0 Å². The standard InChI is InChI=1S/C13H17BrO3S/c1-8-3-4-10(14)7-11(8)13(17)12(16)5-6-18-9(2)15/h3-4,7,12-13,16-17H,5-6H2,1-2H3. The predicted octanol–water partition coefficient (Wildman–Crippen LogP) is 2.82. The van der Waals surface area contributed by atoms with Crippen LogP contribution in [0.3, 0.4) is 0 Å². The maximum Gasteiger partial charge on any atom is 0.185 e. The zero-order valence-corrected chi connectivity index (χ0v) is 12.8. The van der Waals surface area contributed by atoms with E-state index in [-0.39, 0.29) is 5.12 Å². The fourth-order valence-electron chi connectivity index (χ4n) is 1.62. The fraction of sp³-hybridized carbons (Fsp3) is 0.462. The molecular formula is C13H17BrO3S. The minimum absolute atomic E-state index is 0.0234. The van der Waals surface area contributed by atoms with E-state index < -0.39 is 12.2 Å². The summed E-state index contributed by atoms with van der Waals surface area (Å²) in [5.74, 6) is 0.514. The van der Waals surface area contributed by atoms with Crippen molar-refractivity contribution in [2.24, 2.45) is 0 Å². The van der Waals surface area contributed by atoms with Gasteiger partial charge in [-0.05, 0) is 36.6 Å². The summed E-state index contributed by atoms with van der Waals surface area (Å²) < 4.78 is 0.868. The van der Waals surface area contributed by atoms with Gasteiger partial charge in [-0.15, -0.1) is 0 Å². The zero-order valence-electron chi connectivity index (χ0n) is 10.4. The molecule has 0 saturated heterocycles. The van der Waals surface area contributed by atoms with E-state index in [2.05, 4.69) is 15.9 Å². The number of rotatable bonds is 5. The van der Waals surface area contributed by atoms with Crippen LogP contribution < -0.4 is 0 Å². The van der Waals surface area contributed by atoms with Gasteiger partial charge in [0.25, 0.3) is 0 Å². The van der Waals surface area contributed by atoms with Crippen molar-refractivity contribution >= 4 is 32.8 Å². The predicted molar refractivity (Wildman–Crippen MR) is 77.6 cm³/mol. The number of carbonyl (C=O) groups excluding carboxylic acids is 1. The number of aliphatic hydroxyl groups is 2. The first-order chi connectivity index (χ1) is 8.41. The highest BCUT2D eigenvalue weighted by Crippen LogP contribution is 2.26. The van der Waals surface area contributed by atoms with Crippen LogP contribution in [0.15, 0.2) is 22.7 Å². The lowest BCUT2D eigenvalue weighted by Gasteiger charge is -2.19. The van der Waals surface area contributed by atoms with E-state index in [1.54, 1.807) is 6.07 Å². The van der Waals surface area contributed by atoms with E-state index in [1.807, 2.05) is 19.1 Å². The van der Waals surface area contributed by atoms with Gasteiger partial charge in [0.2, 0.25) is 0 Å². The maximum atomic E-state index is 10.8. The van der Waals surface area contributed by atoms with Gasteiger partial charge in [-0.1, -0.05) is 33.8 Å². The molecule has 3 nitrogen and oxygen atoms in total. The highest BCUT2D eigenvalue weighted by atomic mass is 79.9. The molecule has 0 radical (unpaired) electrons. The van der Waals surface area contributed by atoms with Gasteiger partial charge in [-0.2, -0.15) is 0 Å². The van der Waals surface area contributed by atoms with Crippen LogP contribution in [0.4, 0.5) is 0 Å². The Morgan fingerprint density at radius 1 is 1.44 bits per heavy atom. The van der Waals surface area contributed by atoms with Crippen LogP contribution in [-0.2, 0) is 4.79 Å². The van der Waals surface area contributed by atoms with Crippen molar-refractivity contribution in [3.8, 4) is 0 Å². The molecule has 0 spiro atoms. The lowest BCUT2D eigenvalue weighted by Crippen LogP contribution is -2.20. The molecule has 0 bridgehead atoms. The SMILES string of the molecule is CC(=O)SCCC(O)C(O)c1cc(Br)ccc1C. The molecule has 0 heterocycles. The molecule has 2 unspecified atom stereocenters. The molecule has 0 aliphatic rings. The highest BCUT2D eigenvalue weighted by molar-refractivity contribution is 9.10. The molecule has 1 rings (SSSR count). The molecule has 0 fully saturated rings. The molecule has 100 valence electrons. The second kappa shape index (κ2) is 7.28. The Kier molecular flexibility index (Phi) is 6.35. The van der Waals surface area contributed by atoms with Gasteiger partial charge in [0.05, 0.1) is 6.10 Å². The number of aliphatic hydroxyl groups excluding tert-OH is 2. The van der Waals surface area contributed by atoms with Crippen molar-refractivity contribution in [2.75, 3.05) is 5.75 Å². The molecule has 18 heavy (non-hydrogen) atoms. The van der Waals surface area contributed by atoms with E-state index in [1.165, 1.54) is 6.92 Å². The monoisotopic (exact) mass is 332 g/mol. The largest absolute Gasteiger partial charge is 0.390 e. The van der Waals surface area contributed by atoms with Gasteiger partial charge in [0, 0.05) is 17.1 Å². The summed E-state index contributed by atoms with van der Waals surface area (Å²) in [5, 5.41) is 20.0. The lowest BCUT2D eigenvalue weighted by atomic mass is 9.98. The third kappa shape index (κ3) is 4.72. The van der Waals surface area contributed by atoms with E-state index in [0.717, 1.165) is 21.8 Å². The van der Waals surface area contributed by atoms with Crippen molar-refractivity contribution in [2.45, 2.75) is 32.5 Å². The molecule has 0 aliphatic heterocycles. The second-order valence-electron chi connectivity index (χ2n) is 4.14. The first-order valence-corrected chi connectivity index (χ1v) is 7.45. The number of hydrogen-bond donors (Lipinski definition) is 2. The Hall–Kier alpha value is -0.360. The van der Waals surface area contributed by atoms with Gasteiger partial charge < -0.3 is 10.2 Å². The van der Waals surface area contributed by atoms with Crippen LogP contribution in [0.1, 0.15) is 30.6 Å². The molecular weight excluding hydrogens is 316 g/mol. The third-order valence-electron chi connectivity index (χ3n) is 2.64. The zero-order chi connectivity index (χ0) is 13.7. The van der Waals surface area contributed by atoms with Crippen molar-refractivity contribution in [1.29, 1.82) is 0 Å². The van der Waals surface area contributed by atoms with Crippen LogP contribution in [-0.4, -0.2) is 27.2 Å². The molecule has 1 aromatic carbocycles. The normalized spacial score (nSPS) is 14.3. The van der Waals surface area contributed by atoms with Crippen molar-refractivity contribution < 1.29 is 15.0 Å². The van der Waals surface area contributed by atoms with Crippen LogP contribution in [0.25, 0.3) is 0 Å². The molecule has 0 aromatic heterocycles. The van der Waals surface area contributed by atoms with Crippen LogP contribution in [0, 0.1) is 6.92 Å². The second-order valence-corrected chi connectivity index (χ2v) is 6.33. The van der Waals surface area contributed by atoms with Crippen LogP contribution in [0.5, 0.6) is 0 Å². The molecule has 2 atom stereocenters. The van der Waals surface area contributed by atoms with Crippen molar-refractivity contribution in [1.82, 2.24) is 0 Å². The maximum absolute atomic E-state index is 10.8. The minimum atomic E-state index is -0.921. The number of thioether (sulfide) groups is 1. The Morgan fingerprint density at radius 3 is 2.72 bits per heavy atom. The lowest BCUT2D eigenvalue weighted by molar-refractivity contribution is -0.109. The first-order valence-electron chi connectivity index (χ1n) is 5.67. The summed E-state index contributed by atoms with van der Waals surface area (Å²) in [6.45, 7) is 3.38. The summed E-state index contributed by atoms with van der Waals surface area (Å²) in [7, 11) is 0. The highest BCUT2D eigenvalue weighted by Gasteiger charge is 2.20. The number of carbonyl (C=O) groups is 1. The molecule has 2 N–H and O–H groups in total. The Morgan fingerprint density at radius 2 is 2.11 bits per heavy atom. The third-order valence-corrected chi connectivity index (χ3v) is 3.98. The average Bonchev–Trinajstić information content (AvgIpc) is 2.30. The van der Waals surface area contributed by atoms with E-state index in [0.29, 0.717) is 17.7 Å². The fourth-order valence-corrected chi connectivity index (χ4v) is 2.64. The van der Waals surface area contributed by atoms with Gasteiger partial charge >= 0.3 is 0 Å². The molecule has 5 heteroatoms. The summed E-state index contributed by atoms with van der Waals surface area (Å²) in [6.07, 6.45) is -1.39. The summed E-state index contributed by atoms with van der Waals surface area (Å²) in [5.41, 5.74) is 1.65. The summed E-state index contributed by atoms with van der Waals surface area (Å²) >= 11 is 4.50. The van der Waals surface area contributed by atoms with Crippen LogP contribution in [0.2, 0.25) is 0 Å². The Bertz CT molecular complexity index is 423. The van der Waals surface area contributed by atoms with Gasteiger partial charge in [0.15, 0.2) is 5.12 Å². The average molecular weight is 333 g/mol. The van der Waals surface area contributed by atoms with Crippen LogP contribution >= 0.6 is 27.7 Å². The smallest absolute Gasteiger partial charge is 0.185 e. The van der Waals surface area contributed by atoms with Gasteiger partial charge in [-0.3, -0.25) is 4.79 Å². The Labute approximate surface area is 120 Å². The number of hydrogen-bond acceptors (Lipinski definition) is 4. The van der Waals surface area contributed by atoms with Crippen molar-refractivity contribution in [3.05, 3.63) is 33.8 Å². The summed E-state index contributed by atoms with van der Waals surface area (Å²) in [4.78, 5) is 10.8. The van der Waals surface area contributed by atoms with E-state index in [4.69, 9.17) is 0 Å². The number of halogens is 1. The van der Waals surface area contributed by atoms with Gasteiger partial charge in [-0.25, -0.2) is 0 Å². The molecule has 0 aliphatic carbocycles. The summed E-state index contributed by atoms with van der Waals surface area (Å²) in [6, 6.07) is 5.59. The van der Waals surface area contributed by atoms with E-state index in [9.17, 15) is 15.0 Å². The Balaban J connectivity index is 2.64. The topological polar surface area (TPSA) is 57.5 Å². The molecule has 1 aromatic rings. The minimum Gasteiger partial charge on any atom is -0.390 e. The molecule has 0 saturated carbocycles. The quantitative estimate of drug-likeness (QED) is 0.870. The first kappa shape index (κ1) is 15.7.